The topological polar surface area (TPSA) is 21.3 Å². The van der Waals surface area contributed by atoms with Gasteiger partial charge in [0, 0.05) is 12.2 Å². The number of anilines is 1. The third-order valence-electron chi connectivity index (χ3n) is 2.92. The summed E-state index contributed by atoms with van der Waals surface area (Å²) < 4.78 is 18.5. The number of benzene rings is 2. The lowest BCUT2D eigenvalue weighted by molar-refractivity contribution is 0.340. The number of hydrogen-bond acceptors (Lipinski definition) is 2. The average molecular weight is 259 g/mol. The predicted molar refractivity (Wildman–Crippen MR) is 76.1 cm³/mol. The van der Waals surface area contributed by atoms with Gasteiger partial charge in [-0.2, -0.15) is 0 Å². The van der Waals surface area contributed by atoms with Gasteiger partial charge in [0.05, 0.1) is 6.61 Å². The summed E-state index contributed by atoms with van der Waals surface area (Å²) >= 11 is 0. The maximum atomic E-state index is 13.2. The van der Waals surface area contributed by atoms with Gasteiger partial charge in [0.25, 0.3) is 0 Å². The fraction of sp³-hybridized carbons (Fsp3) is 0.250. The van der Waals surface area contributed by atoms with Crippen LogP contribution in [0.2, 0.25) is 0 Å². The van der Waals surface area contributed by atoms with Gasteiger partial charge in [0.1, 0.15) is 11.6 Å². The minimum Gasteiger partial charge on any atom is -0.494 e. The highest BCUT2D eigenvalue weighted by molar-refractivity contribution is 5.51. The fourth-order valence-corrected chi connectivity index (χ4v) is 1.85. The molecule has 19 heavy (non-hydrogen) atoms. The van der Waals surface area contributed by atoms with Crippen molar-refractivity contribution < 1.29 is 9.13 Å². The molecule has 0 aromatic heterocycles. The zero-order chi connectivity index (χ0) is 13.7. The van der Waals surface area contributed by atoms with Gasteiger partial charge in [-0.05, 0) is 49.2 Å². The molecule has 3 heteroatoms. The molecule has 2 rings (SSSR count). The molecule has 0 radical (unpaired) electrons. The van der Waals surface area contributed by atoms with E-state index in [1.165, 1.54) is 12.1 Å². The Morgan fingerprint density at radius 3 is 2.53 bits per heavy atom. The van der Waals surface area contributed by atoms with E-state index in [1.54, 1.807) is 6.07 Å². The monoisotopic (exact) mass is 259 g/mol. The third kappa shape index (κ3) is 3.71. The molecule has 0 aliphatic rings. The first kappa shape index (κ1) is 13.4. The zero-order valence-corrected chi connectivity index (χ0v) is 11.2. The minimum atomic E-state index is -0.222. The predicted octanol–water partition coefficient (Wildman–Crippen LogP) is 4.14. The van der Waals surface area contributed by atoms with Gasteiger partial charge in [-0.1, -0.05) is 18.2 Å². The van der Waals surface area contributed by atoms with Crippen LogP contribution in [0.15, 0.2) is 42.5 Å². The van der Waals surface area contributed by atoms with E-state index in [2.05, 4.69) is 5.32 Å². The lowest BCUT2D eigenvalue weighted by atomic mass is 10.1. The molecule has 0 unspecified atom stereocenters. The summed E-state index contributed by atoms with van der Waals surface area (Å²) in [6.07, 6.45) is 0. The Morgan fingerprint density at radius 1 is 1.11 bits per heavy atom. The highest BCUT2D eigenvalue weighted by atomic mass is 19.1. The Hall–Kier alpha value is -2.03. The first-order chi connectivity index (χ1) is 9.19. The minimum absolute atomic E-state index is 0.222. The Bertz CT molecular complexity index is 537. The van der Waals surface area contributed by atoms with E-state index >= 15 is 0 Å². The van der Waals surface area contributed by atoms with Crippen LogP contribution < -0.4 is 10.1 Å². The highest BCUT2D eigenvalue weighted by Crippen LogP contribution is 2.18. The van der Waals surface area contributed by atoms with Crippen LogP contribution in [-0.2, 0) is 6.54 Å². The average Bonchev–Trinajstić information content (AvgIpc) is 2.42. The van der Waals surface area contributed by atoms with Crippen molar-refractivity contribution in [1.29, 1.82) is 0 Å². The van der Waals surface area contributed by atoms with Gasteiger partial charge < -0.3 is 10.1 Å². The van der Waals surface area contributed by atoms with E-state index in [1.807, 2.05) is 38.1 Å². The Morgan fingerprint density at radius 2 is 1.84 bits per heavy atom. The molecular formula is C16H18FNO. The molecule has 2 nitrogen and oxygen atoms in total. The van der Waals surface area contributed by atoms with Gasteiger partial charge in [-0.25, -0.2) is 4.39 Å². The second-order valence-electron chi connectivity index (χ2n) is 4.39. The Kier molecular flexibility index (Phi) is 4.39. The quantitative estimate of drug-likeness (QED) is 0.871. The first-order valence-electron chi connectivity index (χ1n) is 6.41. The molecule has 0 aliphatic carbocycles. The summed E-state index contributed by atoms with van der Waals surface area (Å²) in [6.45, 7) is 5.25. The summed E-state index contributed by atoms with van der Waals surface area (Å²) in [5.41, 5.74) is 2.99. The molecule has 0 bridgehead atoms. The normalized spacial score (nSPS) is 10.3. The number of nitrogens with one attached hydrogen (secondary N) is 1. The lowest BCUT2D eigenvalue weighted by Gasteiger charge is -2.10. The van der Waals surface area contributed by atoms with Crippen LogP contribution in [0.4, 0.5) is 10.1 Å². The molecule has 2 aromatic carbocycles. The van der Waals surface area contributed by atoms with Crippen LogP contribution in [0.5, 0.6) is 5.75 Å². The van der Waals surface area contributed by atoms with E-state index in [4.69, 9.17) is 4.74 Å². The van der Waals surface area contributed by atoms with Crippen molar-refractivity contribution in [2.45, 2.75) is 20.4 Å². The summed E-state index contributed by atoms with van der Waals surface area (Å²) in [7, 11) is 0. The van der Waals surface area contributed by atoms with Crippen molar-refractivity contribution in [2.75, 3.05) is 11.9 Å². The molecule has 0 spiro atoms. The van der Waals surface area contributed by atoms with Crippen molar-refractivity contribution in [1.82, 2.24) is 0 Å². The molecule has 0 saturated carbocycles. The van der Waals surface area contributed by atoms with E-state index in [-0.39, 0.29) is 5.82 Å². The number of ether oxygens (including phenoxy) is 1. The van der Waals surface area contributed by atoms with Gasteiger partial charge >= 0.3 is 0 Å². The Balaban J connectivity index is 2.00. The second kappa shape index (κ2) is 6.23. The molecular weight excluding hydrogens is 241 g/mol. The molecule has 100 valence electrons. The van der Waals surface area contributed by atoms with Crippen LogP contribution in [0.1, 0.15) is 18.1 Å². The van der Waals surface area contributed by atoms with E-state index < -0.39 is 0 Å². The largest absolute Gasteiger partial charge is 0.494 e. The van der Waals surface area contributed by atoms with Crippen LogP contribution in [0.3, 0.4) is 0 Å². The molecule has 0 amide bonds. The summed E-state index contributed by atoms with van der Waals surface area (Å²) in [5.74, 6) is 0.646. The number of aryl methyl sites for hydroxylation is 1. The molecule has 0 heterocycles. The van der Waals surface area contributed by atoms with Gasteiger partial charge in [-0.3, -0.25) is 0 Å². The SMILES string of the molecule is CCOc1ccc(CNc2cc(F)ccc2C)cc1. The van der Waals surface area contributed by atoms with E-state index in [0.29, 0.717) is 13.2 Å². The van der Waals surface area contributed by atoms with Crippen molar-refractivity contribution in [3.8, 4) is 5.75 Å². The van der Waals surface area contributed by atoms with Crippen molar-refractivity contribution in [2.24, 2.45) is 0 Å². The van der Waals surface area contributed by atoms with Crippen LogP contribution in [-0.4, -0.2) is 6.61 Å². The highest BCUT2D eigenvalue weighted by Gasteiger charge is 2.00. The summed E-state index contributed by atoms with van der Waals surface area (Å²) in [5, 5.41) is 3.24. The van der Waals surface area contributed by atoms with Crippen molar-refractivity contribution >= 4 is 5.69 Å². The molecule has 0 aliphatic heterocycles. The molecule has 0 atom stereocenters. The standard InChI is InChI=1S/C16H18FNO/c1-3-19-15-8-5-13(6-9-15)11-18-16-10-14(17)7-4-12(16)2/h4-10,18H,3,11H2,1-2H3. The van der Waals surface area contributed by atoms with Crippen molar-refractivity contribution in [3.05, 3.63) is 59.4 Å². The van der Waals surface area contributed by atoms with Gasteiger partial charge in [0.15, 0.2) is 0 Å². The van der Waals surface area contributed by atoms with Crippen LogP contribution in [0.25, 0.3) is 0 Å². The molecule has 1 N–H and O–H groups in total. The smallest absolute Gasteiger partial charge is 0.125 e. The molecule has 2 aromatic rings. The first-order valence-corrected chi connectivity index (χ1v) is 6.41. The van der Waals surface area contributed by atoms with Crippen LogP contribution >= 0.6 is 0 Å². The van der Waals surface area contributed by atoms with Gasteiger partial charge in [0.2, 0.25) is 0 Å². The van der Waals surface area contributed by atoms with Crippen LogP contribution in [0, 0.1) is 12.7 Å². The second-order valence-corrected chi connectivity index (χ2v) is 4.39. The maximum absolute atomic E-state index is 13.2. The maximum Gasteiger partial charge on any atom is 0.125 e. The number of rotatable bonds is 5. The molecule has 0 fully saturated rings. The summed E-state index contributed by atoms with van der Waals surface area (Å²) in [4.78, 5) is 0. The van der Waals surface area contributed by atoms with Crippen molar-refractivity contribution in [3.63, 3.8) is 0 Å². The van der Waals surface area contributed by atoms with E-state index in [0.717, 1.165) is 22.6 Å². The van der Waals surface area contributed by atoms with Gasteiger partial charge in [-0.15, -0.1) is 0 Å². The van der Waals surface area contributed by atoms with E-state index in [9.17, 15) is 4.39 Å². The molecule has 0 saturated heterocycles. The fourth-order valence-electron chi connectivity index (χ4n) is 1.85. The Labute approximate surface area is 113 Å². The number of hydrogen-bond donors (Lipinski definition) is 1. The summed E-state index contributed by atoms with van der Waals surface area (Å²) in [6, 6.07) is 12.7. The third-order valence-corrected chi connectivity index (χ3v) is 2.92. The zero-order valence-electron chi connectivity index (χ0n) is 11.2. The number of halogens is 1. The lowest BCUT2D eigenvalue weighted by Crippen LogP contribution is -2.01.